The van der Waals surface area contributed by atoms with E-state index in [1.54, 1.807) is 13.1 Å². The number of nitrogens with one attached hydrogen (secondary N) is 1. The third-order valence-electron chi connectivity index (χ3n) is 5.51. The van der Waals surface area contributed by atoms with E-state index in [-0.39, 0.29) is 18.4 Å². The molecule has 0 spiro atoms. The van der Waals surface area contributed by atoms with Crippen molar-refractivity contribution in [2.75, 3.05) is 50.1 Å². The molecule has 6 heteroatoms. The van der Waals surface area contributed by atoms with E-state index in [2.05, 4.69) is 10.2 Å². The molecule has 0 unspecified atom stereocenters. The number of likely N-dealkylation sites (N-methyl/N-ethyl adjacent to an activating group) is 1. The lowest BCUT2D eigenvalue weighted by atomic mass is 10.0. The van der Waals surface area contributed by atoms with Crippen LogP contribution in [0.25, 0.3) is 16.8 Å². The van der Waals surface area contributed by atoms with Crippen molar-refractivity contribution >= 4 is 40.0 Å². The van der Waals surface area contributed by atoms with E-state index in [1.807, 2.05) is 66.7 Å². The summed E-state index contributed by atoms with van der Waals surface area (Å²) in [6, 6.07) is 21.8. The third kappa shape index (κ3) is 5.34. The molecule has 0 atom stereocenters. The first kappa shape index (κ1) is 21.6. The molecule has 0 radical (unpaired) electrons. The molecule has 6 nitrogen and oxygen atoms in total. The fraction of sp³-hybridized carbons (Fsp3) is 0.231. The van der Waals surface area contributed by atoms with Gasteiger partial charge in [-0.2, -0.15) is 0 Å². The van der Waals surface area contributed by atoms with E-state index in [0.717, 1.165) is 48.3 Å². The molecule has 0 bridgehead atoms. The molecule has 1 N–H and O–H groups in total. The summed E-state index contributed by atoms with van der Waals surface area (Å²) in [6.45, 7) is 3.17. The van der Waals surface area contributed by atoms with Crippen LogP contribution in [0.4, 0.5) is 11.4 Å². The molecule has 2 amide bonds. The minimum Gasteiger partial charge on any atom is -0.378 e. The van der Waals surface area contributed by atoms with Gasteiger partial charge in [0.15, 0.2) is 0 Å². The molecule has 3 aromatic rings. The van der Waals surface area contributed by atoms with Crippen LogP contribution in [0.3, 0.4) is 0 Å². The Morgan fingerprint density at radius 2 is 1.72 bits per heavy atom. The monoisotopic (exact) mass is 429 g/mol. The number of rotatable bonds is 6. The maximum atomic E-state index is 12.5. The molecule has 3 aromatic carbocycles. The summed E-state index contributed by atoms with van der Waals surface area (Å²) in [7, 11) is 1.62. The summed E-state index contributed by atoms with van der Waals surface area (Å²) in [4.78, 5) is 28.6. The highest BCUT2D eigenvalue weighted by Gasteiger charge is 2.13. The number of hydrogen-bond acceptors (Lipinski definition) is 4. The fourth-order valence-electron chi connectivity index (χ4n) is 3.76. The molecule has 32 heavy (non-hydrogen) atoms. The van der Waals surface area contributed by atoms with Gasteiger partial charge in [-0.25, -0.2) is 0 Å². The molecular formula is C26H27N3O3. The number of hydrogen-bond donors (Lipinski definition) is 1. The van der Waals surface area contributed by atoms with Gasteiger partial charge in [-0.05, 0) is 46.7 Å². The van der Waals surface area contributed by atoms with Crippen molar-refractivity contribution in [3.05, 3.63) is 78.4 Å². The number of fused-ring (bicyclic) bond motifs is 1. The van der Waals surface area contributed by atoms with E-state index in [4.69, 9.17) is 4.74 Å². The molecule has 1 heterocycles. The van der Waals surface area contributed by atoms with Crippen LogP contribution in [0, 0.1) is 0 Å². The SMILES string of the molecule is CN(CC(=O)Nc1ccc(N2CCOCC2)cc1)C(=O)/C=C/c1cccc2ccccc12. The Hall–Kier alpha value is -3.64. The predicted octanol–water partition coefficient (Wildman–Crippen LogP) is 3.79. The quantitative estimate of drug-likeness (QED) is 0.606. The first-order valence-electron chi connectivity index (χ1n) is 10.7. The zero-order valence-corrected chi connectivity index (χ0v) is 18.2. The highest BCUT2D eigenvalue weighted by Crippen LogP contribution is 2.20. The van der Waals surface area contributed by atoms with Crippen molar-refractivity contribution in [3.63, 3.8) is 0 Å². The Kier molecular flexibility index (Phi) is 6.82. The highest BCUT2D eigenvalue weighted by molar-refractivity contribution is 5.99. The second-order valence-corrected chi connectivity index (χ2v) is 7.79. The van der Waals surface area contributed by atoms with E-state index >= 15 is 0 Å². The number of anilines is 2. The third-order valence-corrected chi connectivity index (χ3v) is 5.51. The van der Waals surface area contributed by atoms with Crippen molar-refractivity contribution in [2.24, 2.45) is 0 Å². The van der Waals surface area contributed by atoms with Gasteiger partial charge in [-0.3, -0.25) is 9.59 Å². The molecule has 164 valence electrons. The summed E-state index contributed by atoms with van der Waals surface area (Å²) in [5.74, 6) is -0.464. The second-order valence-electron chi connectivity index (χ2n) is 7.79. The number of ether oxygens (including phenoxy) is 1. The first-order valence-corrected chi connectivity index (χ1v) is 10.7. The topological polar surface area (TPSA) is 61.9 Å². The number of carbonyl (C=O) groups excluding carboxylic acids is 2. The summed E-state index contributed by atoms with van der Waals surface area (Å²) in [5, 5.41) is 5.06. The predicted molar refractivity (Wildman–Crippen MR) is 129 cm³/mol. The smallest absolute Gasteiger partial charge is 0.246 e. The van der Waals surface area contributed by atoms with Crippen LogP contribution in [0.1, 0.15) is 5.56 Å². The van der Waals surface area contributed by atoms with Crippen molar-refractivity contribution in [3.8, 4) is 0 Å². The van der Waals surface area contributed by atoms with Gasteiger partial charge in [0.25, 0.3) is 0 Å². The van der Waals surface area contributed by atoms with Crippen LogP contribution in [0.2, 0.25) is 0 Å². The van der Waals surface area contributed by atoms with Gasteiger partial charge >= 0.3 is 0 Å². The van der Waals surface area contributed by atoms with Crippen LogP contribution in [-0.2, 0) is 14.3 Å². The van der Waals surface area contributed by atoms with Gasteiger partial charge in [0.2, 0.25) is 11.8 Å². The average molecular weight is 430 g/mol. The van der Waals surface area contributed by atoms with Gasteiger partial charge in [0.05, 0.1) is 19.8 Å². The standard InChI is InChI=1S/C26H27N3O3/c1-28(26(31)14-9-21-7-4-6-20-5-2-3-8-24(20)21)19-25(30)27-22-10-12-23(13-11-22)29-15-17-32-18-16-29/h2-14H,15-19H2,1H3,(H,27,30)/b14-9+. The van der Waals surface area contributed by atoms with Crippen LogP contribution >= 0.6 is 0 Å². The Bertz CT molecular complexity index is 1110. The highest BCUT2D eigenvalue weighted by atomic mass is 16.5. The first-order chi connectivity index (χ1) is 15.6. The van der Waals surface area contributed by atoms with Crippen LogP contribution in [0.5, 0.6) is 0 Å². The lowest BCUT2D eigenvalue weighted by Gasteiger charge is -2.28. The summed E-state index contributed by atoms with van der Waals surface area (Å²) in [6.07, 6.45) is 3.30. The molecule has 0 saturated carbocycles. The van der Waals surface area contributed by atoms with Crippen LogP contribution < -0.4 is 10.2 Å². The summed E-state index contributed by atoms with van der Waals surface area (Å²) >= 11 is 0. The number of amides is 2. The van der Waals surface area contributed by atoms with Crippen molar-refractivity contribution in [1.29, 1.82) is 0 Å². The zero-order chi connectivity index (χ0) is 22.3. The number of morpholine rings is 1. The molecule has 0 aliphatic carbocycles. The Balaban J connectivity index is 1.32. The molecule has 0 aromatic heterocycles. The molecular weight excluding hydrogens is 402 g/mol. The van der Waals surface area contributed by atoms with Gasteiger partial charge in [-0.15, -0.1) is 0 Å². The normalized spacial score (nSPS) is 14.0. The lowest BCUT2D eigenvalue weighted by molar-refractivity contribution is -0.129. The molecule has 1 fully saturated rings. The number of nitrogens with zero attached hydrogens (tertiary/aromatic N) is 2. The van der Waals surface area contributed by atoms with Crippen molar-refractivity contribution in [1.82, 2.24) is 4.90 Å². The average Bonchev–Trinajstić information content (AvgIpc) is 2.83. The summed E-state index contributed by atoms with van der Waals surface area (Å²) < 4.78 is 5.38. The van der Waals surface area contributed by atoms with E-state index in [0.29, 0.717) is 5.69 Å². The fourth-order valence-corrected chi connectivity index (χ4v) is 3.76. The van der Waals surface area contributed by atoms with Gasteiger partial charge in [-0.1, -0.05) is 42.5 Å². The second kappa shape index (κ2) is 10.1. The Morgan fingerprint density at radius 1 is 1.00 bits per heavy atom. The van der Waals surface area contributed by atoms with Crippen molar-refractivity contribution in [2.45, 2.75) is 0 Å². The minimum absolute atomic E-state index is 0.0239. The Morgan fingerprint density at radius 3 is 2.50 bits per heavy atom. The van der Waals surface area contributed by atoms with Crippen LogP contribution in [-0.4, -0.2) is 56.6 Å². The molecule has 1 aliphatic rings. The van der Waals surface area contributed by atoms with Crippen molar-refractivity contribution < 1.29 is 14.3 Å². The van der Waals surface area contributed by atoms with Gasteiger partial charge in [0.1, 0.15) is 0 Å². The van der Waals surface area contributed by atoms with E-state index in [1.165, 1.54) is 11.0 Å². The van der Waals surface area contributed by atoms with Crippen LogP contribution in [0.15, 0.2) is 72.8 Å². The molecule has 1 saturated heterocycles. The largest absolute Gasteiger partial charge is 0.378 e. The molecule has 4 rings (SSSR count). The zero-order valence-electron chi connectivity index (χ0n) is 18.2. The van der Waals surface area contributed by atoms with E-state index in [9.17, 15) is 9.59 Å². The number of carbonyl (C=O) groups is 2. The summed E-state index contributed by atoms with van der Waals surface area (Å²) in [5.41, 5.74) is 2.78. The van der Waals surface area contributed by atoms with Gasteiger partial charge < -0.3 is 19.9 Å². The lowest BCUT2D eigenvalue weighted by Crippen LogP contribution is -2.36. The molecule has 1 aliphatic heterocycles. The maximum absolute atomic E-state index is 12.5. The maximum Gasteiger partial charge on any atom is 0.246 e. The van der Waals surface area contributed by atoms with Gasteiger partial charge in [0, 0.05) is 37.6 Å². The Labute approximate surface area is 188 Å². The number of benzene rings is 3. The minimum atomic E-state index is -0.237. The van der Waals surface area contributed by atoms with E-state index < -0.39 is 0 Å².